The van der Waals surface area contributed by atoms with Crippen LogP contribution in [0.2, 0.25) is 0 Å². The van der Waals surface area contributed by atoms with Crippen molar-refractivity contribution in [2.75, 3.05) is 25.1 Å². The molecule has 0 saturated carbocycles. The lowest BCUT2D eigenvalue weighted by molar-refractivity contribution is -0.139. The third kappa shape index (κ3) is 3.24. The lowest BCUT2D eigenvalue weighted by Crippen LogP contribution is -2.19. The maximum absolute atomic E-state index is 11.3. The molecular weight excluding hydrogens is 284 g/mol. The second-order valence-electron chi connectivity index (χ2n) is 5.22. The summed E-state index contributed by atoms with van der Waals surface area (Å²) >= 11 is 1.60. The largest absolute Gasteiger partial charge is 0.469 e. The zero-order valence-corrected chi connectivity index (χ0v) is 12.8. The Bertz CT molecular complexity index is 612. The Hall–Kier alpha value is -1.88. The topological polar surface area (TPSA) is 42.4 Å². The molecule has 0 spiro atoms. The first-order valence-corrected chi connectivity index (χ1v) is 7.95. The minimum Gasteiger partial charge on any atom is -0.469 e. The van der Waals surface area contributed by atoms with Crippen molar-refractivity contribution in [1.82, 2.24) is 4.98 Å². The van der Waals surface area contributed by atoms with E-state index in [-0.39, 0.29) is 12.4 Å². The number of nitrogens with zero attached hydrogens (tertiary/aromatic N) is 2. The van der Waals surface area contributed by atoms with E-state index in [4.69, 9.17) is 0 Å². The fourth-order valence-electron chi connectivity index (χ4n) is 2.67. The van der Waals surface area contributed by atoms with Gasteiger partial charge in [0.1, 0.15) is 0 Å². The zero-order valence-electron chi connectivity index (χ0n) is 12.0. The Morgan fingerprint density at radius 3 is 3.00 bits per heavy atom. The monoisotopic (exact) mass is 302 g/mol. The van der Waals surface area contributed by atoms with Gasteiger partial charge in [-0.1, -0.05) is 30.3 Å². The highest BCUT2D eigenvalue weighted by Gasteiger charge is 2.25. The first-order chi connectivity index (χ1) is 10.3. The first kappa shape index (κ1) is 14.1. The lowest BCUT2D eigenvalue weighted by Gasteiger charge is -2.15. The molecule has 1 saturated heterocycles. The van der Waals surface area contributed by atoms with Gasteiger partial charge in [0.05, 0.1) is 19.2 Å². The number of rotatable bonds is 4. The molecule has 2 aromatic rings. The Kier molecular flexibility index (Phi) is 4.20. The summed E-state index contributed by atoms with van der Waals surface area (Å²) in [5.41, 5.74) is 2.19. The van der Waals surface area contributed by atoms with Crippen molar-refractivity contribution in [3.05, 3.63) is 47.0 Å². The number of hydrogen-bond donors (Lipinski definition) is 0. The summed E-state index contributed by atoms with van der Waals surface area (Å²) in [7, 11) is 1.40. The maximum Gasteiger partial charge on any atom is 0.311 e. The number of methoxy groups -OCH3 is 1. The third-order valence-corrected chi connectivity index (χ3v) is 4.77. The van der Waals surface area contributed by atoms with E-state index in [0.29, 0.717) is 5.92 Å². The van der Waals surface area contributed by atoms with E-state index in [0.717, 1.165) is 30.3 Å². The zero-order chi connectivity index (χ0) is 14.7. The number of thiazole rings is 1. The van der Waals surface area contributed by atoms with Crippen molar-refractivity contribution in [1.29, 1.82) is 0 Å². The van der Waals surface area contributed by atoms with Gasteiger partial charge in [-0.05, 0) is 12.0 Å². The van der Waals surface area contributed by atoms with Crippen LogP contribution in [0.5, 0.6) is 0 Å². The number of aromatic nitrogens is 1. The van der Waals surface area contributed by atoms with Gasteiger partial charge in [-0.2, -0.15) is 0 Å². The molecule has 1 aliphatic rings. The van der Waals surface area contributed by atoms with Crippen molar-refractivity contribution in [3.63, 3.8) is 0 Å². The number of benzene rings is 1. The smallest absolute Gasteiger partial charge is 0.311 e. The molecular formula is C16H18N2O2S. The van der Waals surface area contributed by atoms with Gasteiger partial charge < -0.3 is 9.64 Å². The van der Waals surface area contributed by atoms with Crippen molar-refractivity contribution in [2.24, 2.45) is 0 Å². The van der Waals surface area contributed by atoms with E-state index in [2.05, 4.69) is 45.0 Å². The number of ether oxygens (including phenoxy) is 1. The Labute approximate surface area is 128 Å². The minimum absolute atomic E-state index is 0.240. The van der Waals surface area contributed by atoms with Gasteiger partial charge in [0.2, 0.25) is 0 Å². The molecule has 1 unspecified atom stereocenters. The van der Waals surface area contributed by atoms with Gasteiger partial charge in [0, 0.05) is 24.4 Å². The van der Waals surface area contributed by atoms with E-state index in [9.17, 15) is 4.79 Å². The van der Waals surface area contributed by atoms with Crippen LogP contribution in [0, 0.1) is 0 Å². The number of carbonyl (C=O) groups excluding carboxylic acids is 1. The average Bonchev–Trinajstić information content (AvgIpc) is 3.17. The summed E-state index contributed by atoms with van der Waals surface area (Å²) in [6.45, 7) is 2.01. The normalized spacial score (nSPS) is 18.0. The summed E-state index contributed by atoms with van der Waals surface area (Å²) in [6.07, 6.45) is 1.40. The van der Waals surface area contributed by atoms with Crippen molar-refractivity contribution in [3.8, 4) is 0 Å². The first-order valence-electron chi connectivity index (χ1n) is 7.07. The number of carbonyl (C=O) groups is 1. The molecule has 0 bridgehead atoms. The Morgan fingerprint density at radius 2 is 2.24 bits per heavy atom. The molecule has 1 aromatic carbocycles. The fraction of sp³-hybridized carbons (Fsp3) is 0.375. The van der Waals surface area contributed by atoms with Crippen LogP contribution in [0.25, 0.3) is 0 Å². The standard InChI is InChI=1S/C16H18N2O2S/c1-20-15(19)9-14-11-21-16(17-14)18-8-7-13(10-18)12-5-3-2-4-6-12/h2-6,11,13H,7-10H2,1H3. The van der Waals surface area contributed by atoms with Gasteiger partial charge in [0.15, 0.2) is 5.13 Å². The van der Waals surface area contributed by atoms with Crippen LogP contribution in [0.3, 0.4) is 0 Å². The quantitative estimate of drug-likeness (QED) is 0.815. The summed E-state index contributed by atoms with van der Waals surface area (Å²) in [6, 6.07) is 10.6. The molecule has 3 rings (SSSR count). The van der Waals surface area contributed by atoms with E-state index < -0.39 is 0 Å². The van der Waals surface area contributed by atoms with Crippen molar-refractivity contribution >= 4 is 22.4 Å². The molecule has 0 aliphatic carbocycles. The van der Waals surface area contributed by atoms with Crippen LogP contribution < -0.4 is 4.90 Å². The van der Waals surface area contributed by atoms with Crippen LogP contribution in [0.15, 0.2) is 35.7 Å². The molecule has 1 fully saturated rings. The number of hydrogen-bond acceptors (Lipinski definition) is 5. The average molecular weight is 302 g/mol. The van der Waals surface area contributed by atoms with E-state index in [1.54, 1.807) is 11.3 Å². The fourth-order valence-corrected chi connectivity index (χ4v) is 3.54. The van der Waals surface area contributed by atoms with Gasteiger partial charge in [-0.25, -0.2) is 4.98 Å². The third-order valence-electron chi connectivity index (χ3n) is 3.82. The van der Waals surface area contributed by atoms with Crippen molar-refractivity contribution < 1.29 is 9.53 Å². The molecule has 1 aliphatic heterocycles. The summed E-state index contributed by atoms with van der Waals surface area (Å²) in [5.74, 6) is 0.328. The van der Waals surface area contributed by atoms with Crippen molar-refractivity contribution in [2.45, 2.75) is 18.8 Å². The molecule has 4 nitrogen and oxygen atoms in total. The molecule has 2 heterocycles. The van der Waals surface area contributed by atoms with E-state index in [1.165, 1.54) is 12.7 Å². The van der Waals surface area contributed by atoms with E-state index >= 15 is 0 Å². The van der Waals surface area contributed by atoms with Crippen LogP contribution in [-0.4, -0.2) is 31.2 Å². The predicted molar refractivity (Wildman–Crippen MR) is 83.8 cm³/mol. The number of anilines is 1. The Morgan fingerprint density at radius 1 is 1.43 bits per heavy atom. The van der Waals surface area contributed by atoms with Crippen LogP contribution in [0.1, 0.15) is 23.6 Å². The molecule has 0 N–H and O–H groups in total. The molecule has 21 heavy (non-hydrogen) atoms. The Balaban J connectivity index is 1.65. The highest BCUT2D eigenvalue weighted by Crippen LogP contribution is 2.32. The summed E-state index contributed by atoms with van der Waals surface area (Å²) in [5, 5.41) is 2.95. The van der Waals surface area contributed by atoms with Crippen LogP contribution in [0.4, 0.5) is 5.13 Å². The minimum atomic E-state index is -0.240. The maximum atomic E-state index is 11.3. The molecule has 110 valence electrons. The van der Waals surface area contributed by atoms with Crippen LogP contribution >= 0.6 is 11.3 Å². The van der Waals surface area contributed by atoms with Gasteiger partial charge >= 0.3 is 5.97 Å². The molecule has 5 heteroatoms. The van der Waals surface area contributed by atoms with Gasteiger partial charge in [-0.3, -0.25) is 4.79 Å². The van der Waals surface area contributed by atoms with Gasteiger partial charge in [-0.15, -0.1) is 11.3 Å². The SMILES string of the molecule is COC(=O)Cc1csc(N2CCC(c3ccccc3)C2)n1. The van der Waals surface area contributed by atoms with Crippen LogP contribution in [-0.2, 0) is 16.0 Å². The summed E-state index contributed by atoms with van der Waals surface area (Å²) in [4.78, 5) is 18.1. The van der Waals surface area contributed by atoms with E-state index in [1.807, 2.05) is 5.38 Å². The highest BCUT2D eigenvalue weighted by molar-refractivity contribution is 7.13. The second-order valence-corrected chi connectivity index (χ2v) is 6.05. The molecule has 0 amide bonds. The lowest BCUT2D eigenvalue weighted by atomic mass is 9.99. The second kappa shape index (κ2) is 6.26. The van der Waals surface area contributed by atoms with Gasteiger partial charge in [0.25, 0.3) is 0 Å². The molecule has 0 radical (unpaired) electrons. The predicted octanol–water partition coefficient (Wildman–Crippen LogP) is 2.85. The number of esters is 1. The molecule has 1 aromatic heterocycles. The summed E-state index contributed by atoms with van der Waals surface area (Å²) < 4.78 is 4.68. The highest BCUT2D eigenvalue weighted by atomic mass is 32.1. The molecule has 1 atom stereocenters.